The van der Waals surface area contributed by atoms with Gasteiger partial charge in [-0.25, -0.2) is 14.0 Å². The van der Waals surface area contributed by atoms with Gasteiger partial charge in [-0.3, -0.25) is 4.79 Å². The molecule has 0 unspecified atom stereocenters. The number of esters is 1. The third-order valence-corrected chi connectivity index (χ3v) is 4.26. The molecule has 0 aliphatic rings. The van der Waals surface area contributed by atoms with E-state index in [1.165, 1.54) is 42.6 Å². The molecule has 0 bridgehead atoms. The standard InChI is InChI=1S/C20H16ClFN4O4/c1-2-30-20(29)18-19(28)26(23-11-13-3-9-16(22)10-4-13)24-25(18)12-17(27)14-5-7-15(21)8-6-14/h3-11H,2,12H2,1H3/p+1/b23-11-. The van der Waals surface area contributed by atoms with E-state index in [-0.39, 0.29) is 24.6 Å². The molecule has 0 saturated carbocycles. The van der Waals surface area contributed by atoms with Gasteiger partial charge in [0.25, 0.3) is 0 Å². The summed E-state index contributed by atoms with van der Waals surface area (Å²) in [5.41, 5.74) is -0.296. The quantitative estimate of drug-likeness (QED) is 0.268. The molecule has 0 saturated heterocycles. The van der Waals surface area contributed by atoms with Crippen LogP contribution in [0.1, 0.15) is 33.3 Å². The fourth-order valence-electron chi connectivity index (χ4n) is 2.56. The van der Waals surface area contributed by atoms with Crippen molar-refractivity contribution in [3.8, 4) is 0 Å². The normalized spacial score (nSPS) is 11.0. The maximum atomic E-state index is 13.0. The van der Waals surface area contributed by atoms with Crippen LogP contribution in [0.2, 0.25) is 5.02 Å². The zero-order valence-corrected chi connectivity index (χ0v) is 16.6. The van der Waals surface area contributed by atoms with Gasteiger partial charge in [-0.05, 0) is 48.9 Å². The summed E-state index contributed by atoms with van der Waals surface area (Å²) in [6.45, 7) is 1.32. The lowest BCUT2D eigenvalue weighted by Crippen LogP contribution is -2.46. The highest BCUT2D eigenvalue weighted by molar-refractivity contribution is 6.30. The van der Waals surface area contributed by atoms with Crippen molar-refractivity contribution < 1.29 is 23.4 Å². The minimum atomic E-state index is -0.890. The van der Waals surface area contributed by atoms with E-state index in [1.54, 1.807) is 19.1 Å². The Labute approximate surface area is 175 Å². The number of hydrogen-bond donors (Lipinski definition) is 1. The molecule has 0 amide bonds. The van der Waals surface area contributed by atoms with Gasteiger partial charge in [0.1, 0.15) is 5.82 Å². The van der Waals surface area contributed by atoms with Gasteiger partial charge in [0.05, 0.1) is 12.8 Å². The number of ether oxygens (including phenoxy) is 1. The number of carbonyl (C=O) groups is 2. The average Bonchev–Trinajstić information content (AvgIpc) is 3.03. The number of Topliss-reactive ketones (excluding diaryl/α,β-unsaturated/α-hetero) is 1. The van der Waals surface area contributed by atoms with E-state index >= 15 is 0 Å². The molecule has 1 aromatic heterocycles. The average molecular weight is 432 g/mol. The lowest BCUT2D eigenvalue weighted by atomic mass is 10.1. The van der Waals surface area contributed by atoms with Crippen molar-refractivity contribution in [3.63, 3.8) is 0 Å². The van der Waals surface area contributed by atoms with Crippen LogP contribution in [0.4, 0.5) is 4.39 Å². The van der Waals surface area contributed by atoms with Gasteiger partial charge in [0, 0.05) is 15.4 Å². The number of aromatic nitrogens is 3. The fourth-order valence-corrected chi connectivity index (χ4v) is 2.69. The molecule has 0 radical (unpaired) electrons. The highest BCUT2D eigenvalue weighted by atomic mass is 35.5. The maximum Gasteiger partial charge on any atom is 0.434 e. The lowest BCUT2D eigenvalue weighted by Gasteiger charge is -2.01. The molecule has 0 aliphatic carbocycles. The molecule has 8 nitrogen and oxygen atoms in total. The molecular weight excluding hydrogens is 415 g/mol. The molecule has 1 heterocycles. The second kappa shape index (κ2) is 9.27. The molecule has 3 aromatic rings. The number of benzene rings is 2. The van der Waals surface area contributed by atoms with Crippen LogP contribution in [0.15, 0.2) is 58.4 Å². The van der Waals surface area contributed by atoms with Gasteiger partial charge in [-0.2, -0.15) is 0 Å². The minimum Gasteiger partial charge on any atom is -0.459 e. The van der Waals surface area contributed by atoms with Gasteiger partial charge >= 0.3 is 17.2 Å². The first-order chi connectivity index (χ1) is 14.4. The molecule has 30 heavy (non-hydrogen) atoms. The second-order valence-corrected chi connectivity index (χ2v) is 6.53. The Balaban J connectivity index is 1.94. The minimum absolute atomic E-state index is 0.0490. The SMILES string of the molecule is CCOC(=O)c1c(=O)n(/N=C\c2ccc(F)cc2)[nH][n+]1CC(=O)c1ccc(Cl)cc1. The molecule has 0 aliphatic heterocycles. The summed E-state index contributed by atoms with van der Waals surface area (Å²) in [6.07, 6.45) is 1.30. The number of carbonyl (C=O) groups excluding carboxylic acids is 2. The van der Waals surface area contributed by atoms with Crippen LogP contribution >= 0.6 is 11.6 Å². The van der Waals surface area contributed by atoms with Gasteiger partial charge in [-0.15, -0.1) is 4.68 Å². The number of nitrogens with one attached hydrogen (secondary N) is 1. The Morgan fingerprint density at radius 2 is 1.87 bits per heavy atom. The summed E-state index contributed by atoms with van der Waals surface area (Å²) in [7, 11) is 0. The van der Waals surface area contributed by atoms with E-state index in [4.69, 9.17) is 16.3 Å². The van der Waals surface area contributed by atoms with Crippen LogP contribution in [0.25, 0.3) is 0 Å². The Hall–Kier alpha value is -3.59. The maximum absolute atomic E-state index is 13.0. The molecule has 10 heteroatoms. The summed E-state index contributed by atoms with van der Waals surface area (Å²) < 4.78 is 19.0. The van der Waals surface area contributed by atoms with Crippen molar-refractivity contribution in [1.29, 1.82) is 0 Å². The third kappa shape index (κ3) is 4.87. The Morgan fingerprint density at radius 1 is 1.20 bits per heavy atom. The Bertz CT molecular complexity index is 1150. The molecular formula is C20H17ClFN4O4+. The van der Waals surface area contributed by atoms with Crippen LogP contribution < -0.4 is 10.2 Å². The zero-order chi connectivity index (χ0) is 21.7. The molecule has 154 valence electrons. The third-order valence-electron chi connectivity index (χ3n) is 4.01. The van der Waals surface area contributed by atoms with Crippen LogP contribution in [-0.4, -0.2) is 34.6 Å². The van der Waals surface area contributed by atoms with Crippen LogP contribution in [0.3, 0.4) is 0 Å². The number of nitrogens with zero attached hydrogens (tertiary/aromatic N) is 3. The fraction of sp³-hybridized carbons (Fsp3) is 0.150. The van der Waals surface area contributed by atoms with Crippen LogP contribution in [0, 0.1) is 5.82 Å². The first-order valence-corrected chi connectivity index (χ1v) is 9.27. The van der Waals surface area contributed by atoms with Crippen molar-refractivity contribution in [2.24, 2.45) is 5.10 Å². The van der Waals surface area contributed by atoms with Gasteiger partial charge < -0.3 is 4.74 Å². The first-order valence-electron chi connectivity index (χ1n) is 8.89. The first kappa shape index (κ1) is 21.1. The van der Waals surface area contributed by atoms with E-state index in [9.17, 15) is 18.8 Å². The molecule has 0 atom stereocenters. The smallest absolute Gasteiger partial charge is 0.434 e. The summed E-state index contributed by atoms with van der Waals surface area (Å²) in [5.74, 6) is -1.66. The predicted octanol–water partition coefficient (Wildman–Crippen LogP) is 2.20. The van der Waals surface area contributed by atoms with Crippen LogP contribution in [-0.2, 0) is 11.3 Å². The highest BCUT2D eigenvalue weighted by Gasteiger charge is 2.31. The van der Waals surface area contributed by atoms with Crippen molar-refractivity contribution in [3.05, 3.63) is 86.5 Å². The van der Waals surface area contributed by atoms with Crippen molar-refractivity contribution >= 4 is 29.6 Å². The van der Waals surface area contributed by atoms with Crippen molar-refractivity contribution in [2.45, 2.75) is 13.5 Å². The van der Waals surface area contributed by atoms with Gasteiger partial charge in [0.15, 0.2) is 6.54 Å². The van der Waals surface area contributed by atoms with E-state index < -0.39 is 17.3 Å². The number of halogens is 2. The van der Waals surface area contributed by atoms with Gasteiger partial charge in [0.2, 0.25) is 5.78 Å². The van der Waals surface area contributed by atoms with E-state index in [0.717, 1.165) is 9.47 Å². The molecule has 3 rings (SSSR count). The topological polar surface area (TPSA) is 97.4 Å². The summed E-state index contributed by atoms with van der Waals surface area (Å²) in [4.78, 5) is 38.3. The molecule has 0 spiro atoms. The summed E-state index contributed by atoms with van der Waals surface area (Å²) in [6, 6.07) is 11.6. The number of H-pyrrole nitrogens is 1. The zero-order valence-electron chi connectivity index (χ0n) is 15.8. The Kier molecular flexibility index (Phi) is 6.53. The van der Waals surface area contributed by atoms with E-state index in [2.05, 4.69) is 10.3 Å². The molecule has 0 fully saturated rings. The number of aromatic amines is 1. The number of hydrogen-bond acceptors (Lipinski definition) is 5. The van der Waals surface area contributed by atoms with E-state index in [0.29, 0.717) is 16.1 Å². The number of rotatable bonds is 7. The predicted molar refractivity (Wildman–Crippen MR) is 106 cm³/mol. The van der Waals surface area contributed by atoms with Crippen molar-refractivity contribution in [2.75, 3.05) is 6.61 Å². The second-order valence-electron chi connectivity index (χ2n) is 6.10. The van der Waals surface area contributed by atoms with Gasteiger partial charge in [-0.1, -0.05) is 34.0 Å². The molecule has 1 N–H and O–H groups in total. The molecule has 2 aromatic carbocycles. The summed E-state index contributed by atoms with van der Waals surface area (Å²) in [5, 5.41) is 7.02. The lowest BCUT2D eigenvalue weighted by molar-refractivity contribution is -0.744. The van der Waals surface area contributed by atoms with Crippen molar-refractivity contribution in [1.82, 2.24) is 10.0 Å². The summed E-state index contributed by atoms with van der Waals surface area (Å²) >= 11 is 5.83. The van der Waals surface area contributed by atoms with Crippen LogP contribution in [0.5, 0.6) is 0 Å². The Morgan fingerprint density at radius 3 is 2.50 bits per heavy atom. The van der Waals surface area contributed by atoms with E-state index in [1.807, 2.05) is 0 Å². The monoisotopic (exact) mass is 431 g/mol. The highest BCUT2D eigenvalue weighted by Crippen LogP contribution is 2.10. The largest absolute Gasteiger partial charge is 0.459 e. The number of ketones is 1.